The molecule has 0 saturated carbocycles. The van der Waals surface area contributed by atoms with Gasteiger partial charge in [0.1, 0.15) is 6.54 Å². The molecule has 0 bridgehead atoms. The van der Waals surface area contributed by atoms with Crippen molar-refractivity contribution in [3.63, 3.8) is 0 Å². The predicted octanol–water partition coefficient (Wildman–Crippen LogP) is 2.87. The van der Waals surface area contributed by atoms with Crippen LogP contribution in [0.5, 0.6) is 0 Å². The second-order valence-corrected chi connectivity index (χ2v) is 5.68. The number of carboxylic acid groups (broad SMARTS) is 1. The Morgan fingerprint density at radius 2 is 2.09 bits per heavy atom. The van der Waals surface area contributed by atoms with Gasteiger partial charge in [-0.15, -0.1) is 0 Å². The summed E-state index contributed by atoms with van der Waals surface area (Å²) in [5.74, 6) is -0.940. The van der Waals surface area contributed by atoms with Crippen LogP contribution in [-0.2, 0) is 20.9 Å². The van der Waals surface area contributed by atoms with Crippen molar-refractivity contribution in [2.24, 2.45) is 0 Å². The third-order valence-corrected chi connectivity index (χ3v) is 3.36. The van der Waals surface area contributed by atoms with Crippen molar-refractivity contribution in [1.29, 1.82) is 0 Å². The Kier molecular flexibility index (Phi) is 5.76. The first-order valence-corrected chi connectivity index (χ1v) is 7.68. The van der Waals surface area contributed by atoms with E-state index in [0.717, 1.165) is 10.9 Å². The fraction of sp³-hybridized carbons (Fsp3) is 0.412. The van der Waals surface area contributed by atoms with Crippen LogP contribution in [0, 0.1) is 0 Å². The lowest BCUT2D eigenvalue weighted by Gasteiger charge is -2.08. The van der Waals surface area contributed by atoms with Gasteiger partial charge >= 0.3 is 5.97 Å². The minimum absolute atomic E-state index is 0.0540. The lowest BCUT2D eigenvalue weighted by molar-refractivity contribution is -0.137. The molecule has 0 atom stereocenters. The highest BCUT2D eigenvalue weighted by Gasteiger charge is 2.07. The van der Waals surface area contributed by atoms with Crippen molar-refractivity contribution in [2.45, 2.75) is 39.3 Å². The number of ether oxygens (including phenoxy) is 1. The van der Waals surface area contributed by atoms with Crippen LogP contribution in [0.3, 0.4) is 0 Å². The molecule has 2 N–H and O–H groups in total. The molecule has 1 heterocycles. The maximum absolute atomic E-state index is 11.9. The van der Waals surface area contributed by atoms with E-state index < -0.39 is 5.97 Å². The molecule has 0 fully saturated rings. The van der Waals surface area contributed by atoms with E-state index in [1.165, 1.54) is 0 Å². The summed E-state index contributed by atoms with van der Waals surface area (Å²) in [5, 5.41) is 12.6. The van der Waals surface area contributed by atoms with Gasteiger partial charge in [-0.05, 0) is 44.5 Å². The van der Waals surface area contributed by atoms with Crippen molar-refractivity contribution in [3.8, 4) is 0 Å². The summed E-state index contributed by atoms with van der Waals surface area (Å²) < 4.78 is 7.06. The fourth-order valence-corrected chi connectivity index (χ4v) is 2.34. The van der Waals surface area contributed by atoms with Gasteiger partial charge < -0.3 is 19.7 Å². The van der Waals surface area contributed by atoms with Gasteiger partial charge in [0.15, 0.2) is 0 Å². The van der Waals surface area contributed by atoms with Crippen molar-refractivity contribution in [3.05, 3.63) is 30.5 Å². The molecule has 1 amide bonds. The highest BCUT2D eigenvalue weighted by molar-refractivity contribution is 5.94. The van der Waals surface area contributed by atoms with E-state index in [2.05, 4.69) is 5.32 Å². The van der Waals surface area contributed by atoms with E-state index in [4.69, 9.17) is 9.84 Å². The average molecular weight is 318 g/mol. The Balaban J connectivity index is 1.93. The van der Waals surface area contributed by atoms with Crippen molar-refractivity contribution in [1.82, 2.24) is 4.57 Å². The highest BCUT2D eigenvalue weighted by atomic mass is 16.5. The molecule has 1 aromatic carbocycles. The number of amides is 1. The van der Waals surface area contributed by atoms with Crippen LogP contribution in [-0.4, -0.2) is 34.3 Å². The molecule has 23 heavy (non-hydrogen) atoms. The fourth-order valence-electron chi connectivity index (χ4n) is 2.34. The Labute approximate surface area is 135 Å². The van der Waals surface area contributed by atoms with Crippen LogP contribution >= 0.6 is 0 Å². The van der Waals surface area contributed by atoms with Crippen molar-refractivity contribution < 1.29 is 19.4 Å². The molecule has 2 rings (SSSR count). The molecule has 2 aromatic rings. The first-order valence-electron chi connectivity index (χ1n) is 7.68. The van der Waals surface area contributed by atoms with Crippen LogP contribution in [0.15, 0.2) is 30.5 Å². The Bertz CT molecular complexity index is 691. The second kappa shape index (κ2) is 7.78. The number of carbonyl (C=O) groups excluding carboxylic acids is 1. The second-order valence-electron chi connectivity index (χ2n) is 5.68. The molecule has 124 valence electrons. The zero-order chi connectivity index (χ0) is 16.8. The van der Waals surface area contributed by atoms with E-state index in [0.29, 0.717) is 25.1 Å². The standard InChI is InChI=1S/C17H22N2O4/c1-12(2)23-9-3-4-16(20)18-14-5-6-15-13(10-14)7-8-19(15)11-17(21)22/h5-8,10,12H,3-4,9,11H2,1-2H3,(H,18,20)(H,21,22). The number of hydrogen-bond acceptors (Lipinski definition) is 3. The molecule has 6 nitrogen and oxygen atoms in total. The molecule has 1 aromatic heterocycles. The van der Waals surface area contributed by atoms with E-state index >= 15 is 0 Å². The summed E-state index contributed by atoms with van der Waals surface area (Å²) in [6.45, 7) is 4.42. The van der Waals surface area contributed by atoms with Gasteiger partial charge in [0.25, 0.3) is 0 Å². The maximum atomic E-state index is 11.9. The number of fused-ring (bicyclic) bond motifs is 1. The lowest BCUT2D eigenvalue weighted by atomic mass is 10.2. The summed E-state index contributed by atoms with van der Waals surface area (Å²) in [4.78, 5) is 22.7. The first-order chi connectivity index (χ1) is 11.0. The van der Waals surface area contributed by atoms with Crippen molar-refractivity contribution in [2.75, 3.05) is 11.9 Å². The Morgan fingerprint density at radius 1 is 1.30 bits per heavy atom. The van der Waals surface area contributed by atoms with Crippen LogP contribution in [0.2, 0.25) is 0 Å². The minimum atomic E-state index is -0.886. The summed E-state index contributed by atoms with van der Waals surface area (Å²) in [6.07, 6.45) is 3.00. The van der Waals surface area contributed by atoms with Gasteiger partial charge in [-0.25, -0.2) is 0 Å². The molecule has 0 radical (unpaired) electrons. The van der Waals surface area contributed by atoms with Gasteiger partial charge in [-0.3, -0.25) is 9.59 Å². The van der Waals surface area contributed by atoms with E-state index in [1.54, 1.807) is 16.8 Å². The third-order valence-electron chi connectivity index (χ3n) is 3.36. The van der Waals surface area contributed by atoms with Gasteiger partial charge in [0.05, 0.1) is 6.10 Å². The quantitative estimate of drug-likeness (QED) is 0.733. The smallest absolute Gasteiger partial charge is 0.323 e. The molecule has 0 unspecified atom stereocenters. The summed E-state index contributed by atoms with van der Waals surface area (Å²) in [7, 11) is 0. The molecule has 0 aliphatic rings. The zero-order valence-corrected chi connectivity index (χ0v) is 13.4. The Hall–Kier alpha value is -2.34. The third kappa shape index (κ3) is 5.10. The monoisotopic (exact) mass is 318 g/mol. The van der Waals surface area contributed by atoms with Gasteiger partial charge in [0.2, 0.25) is 5.91 Å². The Morgan fingerprint density at radius 3 is 2.78 bits per heavy atom. The van der Waals surface area contributed by atoms with Crippen LogP contribution < -0.4 is 5.32 Å². The van der Waals surface area contributed by atoms with E-state index in [9.17, 15) is 9.59 Å². The number of aliphatic carboxylic acids is 1. The SMILES string of the molecule is CC(C)OCCCC(=O)Nc1ccc2c(ccn2CC(=O)O)c1. The number of hydrogen-bond donors (Lipinski definition) is 2. The van der Waals surface area contributed by atoms with Gasteiger partial charge in [-0.1, -0.05) is 0 Å². The van der Waals surface area contributed by atoms with Gasteiger partial charge in [0, 0.05) is 35.8 Å². The number of benzene rings is 1. The largest absolute Gasteiger partial charge is 0.480 e. The van der Waals surface area contributed by atoms with E-state index in [1.807, 2.05) is 32.0 Å². The highest BCUT2D eigenvalue weighted by Crippen LogP contribution is 2.20. The average Bonchev–Trinajstić information content (AvgIpc) is 2.85. The molecule has 0 spiro atoms. The number of nitrogens with one attached hydrogen (secondary N) is 1. The van der Waals surface area contributed by atoms with Crippen LogP contribution in [0.1, 0.15) is 26.7 Å². The van der Waals surface area contributed by atoms with Crippen LogP contribution in [0.4, 0.5) is 5.69 Å². The molecule has 0 saturated heterocycles. The number of carbonyl (C=O) groups is 2. The summed E-state index contributed by atoms with van der Waals surface area (Å²) in [6, 6.07) is 7.28. The summed E-state index contributed by atoms with van der Waals surface area (Å²) in [5.41, 5.74) is 1.54. The summed E-state index contributed by atoms with van der Waals surface area (Å²) >= 11 is 0. The minimum Gasteiger partial charge on any atom is -0.480 e. The normalized spacial score (nSPS) is 11.1. The van der Waals surface area contributed by atoms with E-state index in [-0.39, 0.29) is 18.6 Å². The topological polar surface area (TPSA) is 80.6 Å². The number of rotatable bonds is 8. The molecule has 0 aliphatic carbocycles. The number of nitrogens with zero attached hydrogens (tertiary/aromatic N) is 1. The van der Waals surface area contributed by atoms with Gasteiger partial charge in [-0.2, -0.15) is 0 Å². The van der Waals surface area contributed by atoms with Crippen LogP contribution in [0.25, 0.3) is 10.9 Å². The maximum Gasteiger partial charge on any atom is 0.323 e. The molecule has 0 aliphatic heterocycles. The first kappa shape index (κ1) is 17.0. The predicted molar refractivity (Wildman–Crippen MR) is 88.5 cm³/mol. The zero-order valence-electron chi connectivity index (χ0n) is 13.4. The molecular formula is C17H22N2O4. The molecule has 6 heteroatoms. The number of anilines is 1. The number of carboxylic acids is 1. The van der Waals surface area contributed by atoms with Crippen molar-refractivity contribution >= 4 is 28.5 Å². The molecular weight excluding hydrogens is 296 g/mol. The number of aromatic nitrogens is 1. The lowest BCUT2D eigenvalue weighted by Crippen LogP contribution is -2.13.